The fourth-order valence-electron chi connectivity index (χ4n) is 1.31. The molecular formula is C11H15N3O. The first-order valence-corrected chi connectivity index (χ1v) is 4.95. The highest BCUT2D eigenvalue weighted by molar-refractivity contribution is 5.92. The van der Waals surface area contributed by atoms with Crippen molar-refractivity contribution in [2.24, 2.45) is 0 Å². The van der Waals surface area contributed by atoms with E-state index >= 15 is 0 Å². The van der Waals surface area contributed by atoms with E-state index in [0.717, 1.165) is 5.69 Å². The molecule has 0 aliphatic rings. The van der Waals surface area contributed by atoms with Gasteiger partial charge in [-0.25, -0.2) is 0 Å². The summed E-state index contributed by atoms with van der Waals surface area (Å²) in [5, 5.41) is 6.94. The van der Waals surface area contributed by atoms with Gasteiger partial charge in [-0.3, -0.25) is 9.48 Å². The van der Waals surface area contributed by atoms with Gasteiger partial charge in [-0.1, -0.05) is 0 Å². The molecule has 0 saturated carbocycles. The minimum absolute atomic E-state index is 0.118. The maximum atomic E-state index is 11.7. The van der Waals surface area contributed by atoms with E-state index in [0.29, 0.717) is 25.2 Å². The minimum Gasteiger partial charge on any atom is -0.350 e. The summed E-state index contributed by atoms with van der Waals surface area (Å²) in [6.07, 6.45) is 5.64. The molecule has 1 aromatic rings. The van der Waals surface area contributed by atoms with Crippen LogP contribution in [0.15, 0.2) is 6.07 Å². The van der Waals surface area contributed by atoms with E-state index in [1.54, 1.807) is 10.7 Å². The molecule has 1 heterocycles. The first kappa shape index (κ1) is 11.3. The number of aromatic nitrogens is 2. The molecule has 4 heteroatoms. The SMILES string of the molecule is C#CCCNC(=O)c1cc(C)nn1CC. The molecule has 0 radical (unpaired) electrons. The number of amides is 1. The van der Waals surface area contributed by atoms with Crippen LogP contribution in [0, 0.1) is 19.3 Å². The maximum Gasteiger partial charge on any atom is 0.269 e. The number of nitrogens with one attached hydrogen (secondary N) is 1. The molecule has 0 atom stereocenters. The van der Waals surface area contributed by atoms with Gasteiger partial charge in [-0.15, -0.1) is 12.3 Å². The van der Waals surface area contributed by atoms with Gasteiger partial charge in [0, 0.05) is 19.5 Å². The lowest BCUT2D eigenvalue weighted by Crippen LogP contribution is -2.26. The van der Waals surface area contributed by atoms with Crippen molar-refractivity contribution in [2.75, 3.05) is 6.54 Å². The van der Waals surface area contributed by atoms with E-state index in [1.165, 1.54) is 0 Å². The summed E-state index contributed by atoms with van der Waals surface area (Å²) in [5.41, 5.74) is 1.44. The number of aryl methyl sites for hydroxylation is 2. The third-order valence-electron chi connectivity index (χ3n) is 1.99. The molecular weight excluding hydrogens is 190 g/mol. The standard InChI is InChI=1S/C11H15N3O/c1-4-6-7-12-11(15)10-8-9(3)13-14(10)5-2/h1,8H,5-7H2,2-3H3,(H,12,15). The Morgan fingerprint density at radius 3 is 3.07 bits per heavy atom. The molecule has 15 heavy (non-hydrogen) atoms. The van der Waals surface area contributed by atoms with Gasteiger partial charge in [0.15, 0.2) is 0 Å². The zero-order valence-electron chi connectivity index (χ0n) is 9.08. The lowest BCUT2D eigenvalue weighted by molar-refractivity contribution is 0.0944. The molecule has 1 rings (SSSR count). The van der Waals surface area contributed by atoms with E-state index in [4.69, 9.17) is 6.42 Å². The molecule has 0 aliphatic carbocycles. The molecule has 1 amide bonds. The van der Waals surface area contributed by atoms with Crippen LogP contribution in [0.5, 0.6) is 0 Å². The molecule has 0 bridgehead atoms. The van der Waals surface area contributed by atoms with Crippen LogP contribution in [0.25, 0.3) is 0 Å². The second kappa shape index (κ2) is 5.20. The molecule has 0 unspecified atom stereocenters. The van der Waals surface area contributed by atoms with E-state index in [1.807, 2.05) is 13.8 Å². The summed E-state index contributed by atoms with van der Waals surface area (Å²) in [6, 6.07) is 1.77. The lowest BCUT2D eigenvalue weighted by Gasteiger charge is -2.04. The summed E-state index contributed by atoms with van der Waals surface area (Å²) >= 11 is 0. The van der Waals surface area contributed by atoms with E-state index < -0.39 is 0 Å². The molecule has 0 spiro atoms. The molecule has 80 valence electrons. The number of hydrogen-bond donors (Lipinski definition) is 1. The van der Waals surface area contributed by atoms with Gasteiger partial charge in [0.1, 0.15) is 5.69 Å². The fourth-order valence-corrected chi connectivity index (χ4v) is 1.31. The quantitative estimate of drug-likeness (QED) is 0.588. The zero-order valence-corrected chi connectivity index (χ0v) is 9.08. The summed E-state index contributed by atoms with van der Waals surface area (Å²) in [5.74, 6) is 2.35. The maximum absolute atomic E-state index is 11.7. The normalized spacial score (nSPS) is 9.67. The highest BCUT2D eigenvalue weighted by Crippen LogP contribution is 2.03. The van der Waals surface area contributed by atoms with Gasteiger partial charge < -0.3 is 5.32 Å². The van der Waals surface area contributed by atoms with Gasteiger partial charge in [0.05, 0.1) is 5.69 Å². The van der Waals surface area contributed by atoms with Crippen LogP contribution in [0.2, 0.25) is 0 Å². The molecule has 1 N–H and O–H groups in total. The Balaban J connectivity index is 2.69. The van der Waals surface area contributed by atoms with Gasteiger partial charge in [0.25, 0.3) is 5.91 Å². The summed E-state index contributed by atoms with van der Waals surface area (Å²) < 4.78 is 1.68. The fraction of sp³-hybridized carbons (Fsp3) is 0.455. The number of rotatable bonds is 4. The van der Waals surface area contributed by atoms with Crippen LogP contribution < -0.4 is 5.32 Å². The van der Waals surface area contributed by atoms with E-state index in [2.05, 4.69) is 16.3 Å². The van der Waals surface area contributed by atoms with Crippen LogP contribution in [0.1, 0.15) is 29.5 Å². The second-order valence-electron chi connectivity index (χ2n) is 3.20. The van der Waals surface area contributed by atoms with E-state index in [9.17, 15) is 4.79 Å². The van der Waals surface area contributed by atoms with Crippen molar-refractivity contribution < 1.29 is 4.79 Å². The van der Waals surface area contributed by atoms with Gasteiger partial charge in [-0.2, -0.15) is 5.10 Å². The van der Waals surface area contributed by atoms with Gasteiger partial charge in [-0.05, 0) is 19.9 Å². The Hall–Kier alpha value is -1.76. The number of hydrogen-bond acceptors (Lipinski definition) is 2. The summed E-state index contributed by atoms with van der Waals surface area (Å²) in [4.78, 5) is 11.7. The Labute approximate surface area is 89.7 Å². The zero-order chi connectivity index (χ0) is 11.3. The van der Waals surface area contributed by atoms with Crippen LogP contribution >= 0.6 is 0 Å². The van der Waals surface area contributed by atoms with Crippen LogP contribution in [-0.4, -0.2) is 22.2 Å². The lowest BCUT2D eigenvalue weighted by atomic mass is 10.3. The van der Waals surface area contributed by atoms with Crippen molar-refractivity contribution in [3.63, 3.8) is 0 Å². The molecule has 0 fully saturated rings. The largest absolute Gasteiger partial charge is 0.350 e. The topological polar surface area (TPSA) is 46.9 Å². The Morgan fingerprint density at radius 2 is 2.47 bits per heavy atom. The molecule has 0 aromatic carbocycles. The van der Waals surface area contributed by atoms with Crippen LogP contribution in [0.3, 0.4) is 0 Å². The predicted octanol–water partition coefficient (Wildman–Crippen LogP) is 0.965. The average Bonchev–Trinajstić information content (AvgIpc) is 2.60. The number of terminal acetylenes is 1. The smallest absolute Gasteiger partial charge is 0.269 e. The van der Waals surface area contributed by atoms with Crippen LogP contribution in [0.4, 0.5) is 0 Å². The van der Waals surface area contributed by atoms with Crippen molar-refractivity contribution in [1.29, 1.82) is 0 Å². The second-order valence-corrected chi connectivity index (χ2v) is 3.20. The third-order valence-corrected chi connectivity index (χ3v) is 1.99. The van der Waals surface area contributed by atoms with Crippen molar-refractivity contribution in [3.8, 4) is 12.3 Å². The highest BCUT2D eigenvalue weighted by atomic mass is 16.2. The number of carbonyl (C=O) groups is 1. The Kier molecular flexibility index (Phi) is 3.92. The van der Waals surface area contributed by atoms with Gasteiger partial charge >= 0.3 is 0 Å². The van der Waals surface area contributed by atoms with Crippen LogP contribution in [-0.2, 0) is 6.54 Å². The number of nitrogens with zero attached hydrogens (tertiary/aromatic N) is 2. The van der Waals surface area contributed by atoms with E-state index in [-0.39, 0.29) is 5.91 Å². The summed E-state index contributed by atoms with van der Waals surface area (Å²) in [6.45, 7) is 5.00. The molecule has 4 nitrogen and oxygen atoms in total. The predicted molar refractivity (Wildman–Crippen MR) is 58.4 cm³/mol. The highest BCUT2D eigenvalue weighted by Gasteiger charge is 2.11. The summed E-state index contributed by atoms with van der Waals surface area (Å²) in [7, 11) is 0. The van der Waals surface area contributed by atoms with Crippen molar-refractivity contribution in [2.45, 2.75) is 26.8 Å². The van der Waals surface area contributed by atoms with Crippen molar-refractivity contribution in [3.05, 3.63) is 17.5 Å². The Bertz CT molecular complexity index is 387. The number of carbonyl (C=O) groups excluding carboxylic acids is 1. The van der Waals surface area contributed by atoms with Crippen molar-refractivity contribution in [1.82, 2.24) is 15.1 Å². The molecule has 0 aliphatic heterocycles. The minimum atomic E-state index is -0.118. The first-order valence-electron chi connectivity index (χ1n) is 4.95. The first-order chi connectivity index (χ1) is 7.19. The van der Waals surface area contributed by atoms with Crippen molar-refractivity contribution >= 4 is 5.91 Å². The Morgan fingerprint density at radius 1 is 1.73 bits per heavy atom. The van der Waals surface area contributed by atoms with Gasteiger partial charge in [0.2, 0.25) is 0 Å². The third kappa shape index (κ3) is 2.84. The molecule has 1 aromatic heterocycles. The molecule has 0 saturated heterocycles. The average molecular weight is 205 g/mol. The monoisotopic (exact) mass is 205 g/mol.